The van der Waals surface area contributed by atoms with E-state index >= 15 is 0 Å². The number of halogens is 1. The number of hydrogen-bond donors (Lipinski definition) is 2. The van der Waals surface area contributed by atoms with E-state index in [2.05, 4.69) is 10.3 Å². The summed E-state index contributed by atoms with van der Waals surface area (Å²) in [6.45, 7) is 5.41. The summed E-state index contributed by atoms with van der Waals surface area (Å²) in [6, 6.07) is 5.60. The molecule has 3 rings (SSSR count). The van der Waals surface area contributed by atoms with Gasteiger partial charge < -0.3 is 15.2 Å². The molecule has 0 aliphatic heterocycles. The van der Waals surface area contributed by atoms with Gasteiger partial charge >= 0.3 is 0 Å². The second kappa shape index (κ2) is 10.1. The number of hydrogen-bond acceptors (Lipinski definition) is 3. The molecule has 1 aromatic carbocycles. The molecule has 158 valence electrons. The predicted octanol–water partition coefficient (Wildman–Crippen LogP) is 4.25. The van der Waals surface area contributed by atoms with Gasteiger partial charge in [-0.1, -0.05) is 38.3 Å². The monoisotopic (exact) mass is 418 g/mol. The van der Waals surface area contributed by atoms with E-state index in [0.29, 0.717) is 18.1 Å². The van der Waals surface area contributed by atoms with E-state index < -0.39 is 0 Å². The van der Waals surface area contributed by atoms with Crippen LogP contribution in [-0.4, -0.2) is 46.3 Å². The molecule has 0 bridgehead atoms. The number of nitrogens with one attached hydrogen (secondary N) is 2. The van der Waals surface area contributed by atoms with Crippen LogP contribution in [0.25, 0.3) is 11.0 Å². The summed E-state index contributed by atoms with van der Waals surface area (Å²) in [5.41, 5.74) is 1.76. The van der Waals surface area contributed by atoms with Crippen molar-refractivity contribution in [2.24, 2.45) is 5.92 Å². The lowest BCUT2D eigenvalue weighted by atomic mass is 9.78. The Morgan fingerprint density at radius 2 is 2.03 bits per heavy atom. The Hall–Kier alpha value is -2.08. The molecule has 0 saturated heterocycles. The summed E-state index contributed by atoms with van der Waals surface area (Å²) in [7, 11) is 0. The molecular formula is C22H31ClN4O2. The Bertz CT molecular complexity index is 850. The Morgan fingerprint density at radius 1 is 1.24 bits per heavy atom. The lowest BCUT2D eigenvalue weighted by Crippen LogP contribution is -2.45. The second-order valence-electron chi connectivity index (χ2n) is 7.89. The molecule has 29 heavy (non-hydrogen) atoms. The highest BCUT2D eigenvalue weighted by Gasteiger charge is 2.36. The first kappa shape index (κ1) is 21.6. The molecule has 0 spiro atoms. The van der Waals surface area contributed by atoms with Gasteiger partial charge in [-0.05, 0) is 43.9 Å². The molecule has 1 aliphatic carbocycles. The second-order valence-corrected chi connectivity index (χ2v) is 8.33. The van der Waals surface area contributed by atoms with Crippen LogP contribution in [0.4, 0.5) is 0 Å². The van der Waals surface area contributed by atoms with Crippen molar-refractivity contribution in [2.45, 2.75) is 58.3 Å². The maximum atomic E-state index is 13.4. The molecule has 1 heterocycles. The average Bonchev–Trinajstić information content (AvgIpc) is 3.14. The number of fused-ring (bicyclic) bond motifs is 1. The van der Waals surface area contributed by atoms with E-state index in [1.165, 1.54) is 0 Å². The van der Waals surface area contributed by atoms with Crippen molar-refractivity contribution in [3.63, 3.8) is 0 Å². The Balaban J connectivity index is 1.80. The number of nitrogens with zero attached hydrogens (tertiary/aromatic N) is 2. The van der Waals surface area contributed by atoms with E-state index in [1.807, 2.05) is 32.0 Å². The molecule has 1 fully saturated rings. The van der Waals surface area contributed by atoms with Crippen molar-refractivity contribution in [1.82, 2.24) is 20.2 Å². The van der Waals surface area contributed by atoms with Gasteiger partial charge in [0.1, 0.15) is 5.82 Å². The van der Waals surface area contributed by atoms with Crippen LogP contribution in [0.2, 0.25) is 5.02 Å². The van der Waals surface area contributed by atoms with Crippen LogP contribution < -0.4 is 5.32 Å². The molecule has 1 aromatic heterocycles. The molecule has 1 saturated carbocycles. The Morgan fingerprint density at radius 3 is 2.79 bits per heavy atom. The van der Waals surface area contributed by atoms with Crippen molar-refractivity contribution in [3.05, 3.63) is 29.0 Å². The lowest BCUT2D eigenvalue weighted by molar-refractivity contribution is -0.141. The van der Waals surface area contributed by atoms with Crippen LogP contribution in [-0.2, 0) is 9.59 Å². The van der Waals surface area contributed by atoms with Crippen LogP contribution >= 0.6 is 11.6 Å². The number of carbonyl (C=O) groups excluding carboxylic acids is 2. The van der Waals surface area contributed by atoms with Crippen molar-refractivity contribution in [3.8, 4) is 0 Å². The minimum atomic E-state index is -0.148. The third-order valence-corrected chi connectivity index (χ3v) is 5.84. The van der Waals surface area contributed by atoms with Gasteiger partial charge in [0.25, 0.3) is 0 Å². The smallest absolute Gasteiger partial charge is 0.239 e. The van der Waals surface area contributed by atoms with E-state index in [0.717, 1.165) is 55.4 Å². The molecule has 6 nitrogen and oxygen atoms in total. The number of carbonyl (C=O) groups is 2. The fourth-order valence-corrected chi connectivity index (χ4v) is 4.37. The summed E-state index contributed by atoms with van der Waals surface area (Å²) >= 11 is 6.11. The maximum absolute atomic E-state index is 13.4. The van der Waals surface area contributed by atoms with Crippen LogP contribution in [0.15, 0.2) is 18.2 Å². The molecule has 0 radical (unpaired) electrons. The first-order valence-electron chi connectivity index (χ1n) is 10.7. The molecule has 2 N–H and O–H groups in total. The van der Waals surface area contributed by atoms with E-state index in [1.54, 1.807) is 4.90 Å². The lowest BCUT2D eigenvalue weighted by Gasteiger charge is -2.33. The summed E-state index contributed by atoms with van der Waals surface area (Å²) in [6.07, 6.45) is 5.57. The fraction of sp³-hybridized carbons (Fsp3) is 0.591. The van der Waals surface area contributed by atoms with Crippen LogP contribution in [0.3, 0.4) is 0 Å². The highest BCUT2D eigenvalue weighted by atomic mass is 35.5. The summed E-state index contributed by atoms with van der Waals surface area (Å²) in [5, 5.41) is 3.54. The van der Waals surface area contributed by atoms with Gasteiger partial charge in [-0.25, -0.2) is 4.98 Å². The molecule has 1 aliphatic rings. The van der Waals surface area contributed by atoms with Gasteiger partial charge in [0, 0.05) is 29.9 Å². The molecule has 7 heteroatoms. The van der Waals surface area contributed by atoms with E-state index in [4.69, 9.17) is 16.6 Å². The predicted molar refractivity (Wildman–Crippen MR) is 116 cm³/mol. The number of rotatable bonds is 8. The normalized spacial score (nSPS) is 19.3. The number of aromatic amines is 1. The Kier molecular flexibility index (Phi) is 7.53. The molecule has 2 amide bonds. The average molecular weight is 419 g/mol. The van der Waals surface area contributed by atoms with Crippen molar-refractivity contribution in [2.75, 3.05) is 19.6 Å². The number of H-pyrrole nitrogens is 1. The molecule has 2 aromatic rings. The Labute approximate surface area is 177 Å². The zero-order valence-corrected chi connectivity index (χ0v) is 18.1. The highest BCUT2D eigenvalue weighted by Crippen LogP contribution is 2.38. The minimum Gasteiger partial charge on any atom is -0.355 e. The number of benzene rings is 1. The standard InChI is InChI=1S/C22H31ClN4O2/c1-3-11-24-20(28)14-27(12-4-2)22(29)17-8-6-5-7-16(17)21-25-18-10-9-15(23)13-19(18)26-21/h9-10,13,16-17H,3-8,11-12,14H2,1-2H3,(H,24,28)(H,25,26)/t16-,17-/m0/s1. The zero-order chi connectivity index (χ0) is 20.8. The van der Waals surface area contributed by atoms with Gasteiger partial charge in [0.05, 0.1) is 17.6 Å². The third-order valence-electron chi connectivity index (χ3n) is 5.61. The maximum Gasteiger partial charge on any atom is 0.239 e. The first-order chi connectivity index (χ1) is 14.0. The number of aromatic nitrogens is 2. The molecular weight excluding hydrogens is 388 g/mol. The van der Waals surface area contributed by atoms with Gasteiger partial charge in [-0.15, -0.1) is 0 Å². The largest absolute Gasteiger partial charge is 0.355 e. The SMILES string of the molecule is CCCNC(=O)CN(CCC)C(=O)[C@H]1CCCC[C@@H]1c1nc2ccc(Cl)cc2[nH]1. The van der Waals surface area contributed by atoms with Gasteiger partial charge in [0.15, 0.2) is 0 Å². The van der Waals surface area contributed by atoms with Gasteiger partial charge in [0.2, 0.25) is 11.8 Å². The van der Waals surface area contributed by atoms with Crippen LogP contribution in [0.5, 0.6) is 0 Å². The van der Waals surface area contributed by atoms with E-state index in [9.17, 15) is 9.59 Å². The van der Waals surface area contributed by atoms with Crippen molar-refractivity contribution < 1.29 is 9.59 Å². The van der Waals surface area contributed by atoms with Crippen molar-refractivity contribution >= 4 is 34.4 Å². The van der Waals surface area contributed by atoms with Crippen LogP contribution in [0.1, 0.15) is 64.1 Å². The quantitative estimate of drug-likeness (QED) is 0.672. The van der Waals surface area contributed by atoms with Crippen LogP contribution in [0, 0.1) is 5.92 Å². The van der Waals surface area contributed by atoms with Gasteiger partial charge in [-0.3, -0.25) is 9.59 Å². The topological polar surface area (TPSA) is 78.1 Å². The van der Waals surface area contributed by atoms with E-state index in [-0.39, 0.29) is 30.2 Å². The number of imidazole rings is 1. The summed E-state index contributed by atoms with van der Waals surface area (Å²) in [4.78, 5) is 35.5. The summed E-state index contributed by atoms with van der Waals surface area (Å²) < 4.78 is 0. The fourth-order valence-electron chi connectivity index (χ4n) is 4.20. The van der Waals surface area contributed by atoms with Crippen molar-refractivity contribution in [1.29, 1.82) is 0 Å². The minimum absolute atomic E-state index is 0.0421. The third kappa shape index (κ3) is 5.30. The molecule has 0 unspecified atom stereocenters. The number of amides is 2. The molecule has 2 atom stereocenters. The van der Waals surface area contributed by atoms with Gasteiger partial charge in [-0.2, -0.15) is 0 Å². The summed E-state index contributed by atoms with van der Waals surface area (Å²) in [5.74, 6) is 0.735. The first-order valence-corrected chi connectivity index (χ1v) is 11.1. The zero-order valence-electron chi connectivity index (χ0n) is 17.3. The highest BCUT2D eigenvalue weighted by molar-refractivity contribution is 6.31.